The predicted octanol–water partition coefficient (Wildman–Crippen LogP) is 5.92. The number of rotatable bonds is 6. The predicted molar refractivity (Wildman–Crippen MR) is 115 cm³/mol. The lowest BCUT2D eigenvalue weighted by Crippen LogP contribution is -2.25. The SMILES string of the molecule is CCSc1nnc(CNC(=O)c2ccc(Cl)cc2Cl)n1-c1ccc(Cl)c(Cl)c1. The van der Waals surface area contributed by atoms with Crippen molar-refractivity contribution in [2.24, 2.45) is 0 Å². The maximum atomic E-state index is 12.5. The molecule has 1 amide bonds. The first-order valence-electron chi connectivity index (χ1n) is 8.16. The first-order chi connectivity index (χ1) is 13.4. The number of hydrogen-bond donors (Lipinski definition) is 1. The maximum absolute atomic E-state index is 12.5. The normalized spacial score (nSPS) is 10.9. The molecule has 5 nitrogen and oxygen atoms in total. The summed E-state index contributed by atoms with van der Waals surface area (Å²) in [5.41, 5.74) is 1.08. The molecule has 1 heterocycles. The summed E-state index contributed by atoms with van der Waals surface area (Å²) in [4.78, 5) is 12.5. The van der Waals surface area contributed by atoms with Gasteiger partial charge in [-0.25, -0.2) is 0 Å². The molecule has 0 unspecified atom stereocenters. The number of aromatic nitrogens is 3. The second-order valence-electron chi connectivity index (χ2n) is 5.57. The Morgan fingerprint density at radius 3 is 2.50 bits per heavy atom. The molecular formula is C18H14Cl4N4OS. The van der Waals surface area contributed by atoms with Crippen molar-refractivity contribution < 1.29 is 4.79 Å². The topological polar surface area (TPSA) is 59.8 Å². The van der Waals surface area contributed by atoms with Crippen LogP contribution in [0.1, 0.15) is 23.1 Å². The molecule has 0 saturated carbocycles. The van der Waals surface area contributed by atoms with Gasteiger partial charge < -0.3 is 5.32 Å². The lowest BCUT2D eigenvalue weighted by molar-refractivity contribution is 0.0950. The molecule has 1 N–H and O–H groups in total. The molecule has 3 aromatic rings. The van der Waals surface area contributed by atoms with Crippen molar-refractivity contribution >= 4 is 64.1 Å². The van der Waals surface area contributed by atoms with Gasteiger partial charge in [-0.05, 0) is 42.2 Å². The highest BCUT2D eigenvalue weighted by Crippen LogP contribution is 2.28. The first-order valence-corrected chi connectivity index (χ1v) is 10.7. The fraction of sp³-hybridized carbons (Fsp3) is 0.167. The Hall–Kier alpha value is -1.44. The average Bonchev–Trinajstić information content (AvgIpc) is 3.05. The van der Waals surface area contributed by atoms with Gasteiger partial charge >= 0.3 is 0 Å². The van der Waals surface area contributed by atoms with E-state index in [-0.39, 0.29) is 17.5 Å². The van der Waals surface area contributed by atoms with Gasteiger partial charge in [0.25, 0.3) is 5.91 Å². The van der Waals surface area contributed by atoms with Crippen molar-refractivity contribution in [3.63, 3.8) is 0 Å². The number of hydrogen-bond acceptors (Lipinski definition) is 4. The Labute approximate surface area is 186 Å². The van der Waals surface area contributed by atoms with Crippen LogP contribution in [0.4, 0.5) is 0 Å². The molecule has 28 heavy (non-hydrogen) atoms. The van der Waals surface area contributed by atoms with Crippen LogP contribution < -0.4 is 5.32 Å². The summed E-state index contributed by atoms with van der Waals surface area (Å²) in [6.45, 7) is 2.16. The molecule has 3 rings (SSSR count). The van der Waals surface area contributed by atoms with E-state index in [0.717, 1.165) is 11.4 Å². The molecule has 146 valence electrons. The molecule has 1 aromatic heterocycles. The number of nitrogens with zero attached hydrogens (tertiary/aromatic N) is 3. The Kier molecular flexibility index (Phi) is 7.12. The fourth-order valence-corrected chi connectivity index (χ4v) is 3.93. The van der Waals surface area contributed by atoms with Crippen LogP contribution in [0.5, 0.6) is 0 Å². The second kappa shape index (κ2) is 9.37. The maximum Gasteiger partial charge on any atom is 0.253 e. The minimum Gasteiger partial charge on any atom is -0.345 e. The van der Waals surface area contributed by atoms with E-state index >= 15 is 0 Å². The standard InChI is InChI=1S/C18H14Cl4N4OS/c1-2-28-18-25-24-16(26(18)11-4-6-13(20)15(22)8-11)9-23-17(27)12-5-3-10(19)7-14(12)21/h3-8H,2,9H2,1H3,(H,23,27). The van der Waals surface area contributed by atoms with Crippen LogP contribution in [-0.2, 0) is 6.54 Å². The zero-order valence-electron chi connectivity index (χ0n) is 14.5. The van der Waals surface area contributed by atoms with E-state index in [1.165, 1.54) is 17.8 Å². The monoisotopic (exact) mass is 474 g/mol. The van der Waals surface area contributed by atoms with Crippen LogP contribution in [-0.4, -0.2) is 26.4 Å². The highest BCUT2D eigenvalue weighted by molar-refractivity contribution is 7.99. The number of carbonyl (C=O) groups is 1. The van der Waals surface area contributed by atoms with Crippen LogP contribution in [0.3, 0.4) is 0 Å². The summed E-state index contributed by atoms with van der Waals surface area (Å²) in [7, 11) is 0. The number of carbonyl (C=O) groups excluding carboxylic acids is 1. The summed E-state index contributed by atoms with van der Waals surface area (Å²) >= 11 is 25.7. The highest BCUT2D eigenvalue weighted by atomic mass is 35.5. The summed E-state index contributed by atoms with van der Waals surface area (Å²) in [5, 5.41) is 13.5. The zero-order chi connectivity index (χ0) is 20.3. The third-order valence-electron chi connectivity index (χ3n) is 3.72. The Morgan fingerprint density at radius 1 is 1.04 bits per heavy atom. The van der Waals surface area contributed by atoms with Crippen LogP contribution in [0, 0.1) is 0 Å². The van der Waals surface area contributed by atoms with Gasteiger partial charge in [0.15, 0.2) is 11.0 Å². The zero-order valence-corrected chi connectivity index (χ0v) is 18.4. The summed E-state index contributed by atoms with van der Waals surface area (Å²) in [6, 6.07) is 9.95. The van der Waals surface area contributed by atoms with E-state index in [9.17, 15) is 4.79 Å². The molecule has 10 heteroatoms. The molecular weight excluding hydrogens is 462 g/mol. The van der Waals surface area contributed by atoms with Crippen molar-refractivity contribution in [3.8, 4) is 5.69 Å². The van der Waals surface area contributed by atoms with Gasteiger partial charge in [-0.1, -0.05) is 65.1 Å². The molecule has 0 fully saturated rings. The molecule has 0 spiro atoms. The Bertz CT molecular complexity index is 1020. The van der Waals surface area contributed by atoms with Gasteiger partial charge in [0.1, 0.15) is 0 Å². The lowest BCUT2D eigenvalue weighted by atomic mass is 10.2. The van der Waals surface area contributed by atoms with Crippen LogP contribution >= 0.6 is 58.2 Å². The second-order valence-corrected chi connectivity index (χ2v) is 8.46. The van der Waals surface area contributed by atoms with E-state index in [4.69, 9.17) is 46.4 Å². The minimum absolute atomic E-state index is 0.148. The van der Waals surface area contributed by atoms with E-state index < -0.39 is 0 Å². The minimum atomic E-state index is -0.338. The molecule has 0 bridgehead atoms. The van der Waals surface area contributed by atoms with E-state index in [0.29, 0.717) is 31.6 Å². The lowest BCUT2D eigenvalue weighted by Gasteiger charge is -2.12. The molecule has 0 atom stereocenters. The third-order valence-corrected chi connectivity index (χ3v) is 5.82. The first kappa shape index (κ1) is 21.3. The number of nitrogens with one attached hydrogen (secondary N) is 1. The van der Waals surface area contributed by atoms with Crippen LogP contribution in [0.2, 0.25) is 20.1 Å². The molecule has 0 radical (unpaired) electrons. The Balaban J connectivity index is 1.87. The van der Waals surface area contributed by atoms with E-state index in [2.05, 4.69) is 15.5 Å². The average molecular weight is 476 g/mol. The van der Waals surface area contributed by atoms with Gasteiger partial charge in [0.05, 0.1) is 32.9 Å². The summed E-state index contributed by atoms with van der Waals surface area (Å²) in [6.07, 6.45) is 0. The van der Waals surface area contributed by atoms with Gasteiger partial charge in [0, 0.05) is 5.02 Å². The van der Waals surface area contributed by atoms with Crippen molar-refractivity contribution in [2.45, 2.75) is 18.6 Å². The van der Waals surface area contributed by atoms with Gasteiger partial charge in [0.2, 0.25) is 0 Å². The molecule has 0 aliphatic rings. The van der Waals surface area contributed by atoms with E-state index in [1.807, 2.05) is 17.6 Å². The van der Waals surface area contributed by atoms with Crippen molar-refractivity contribution in [3.05, 3.63) is 67.9 Å². The van der Waals surface area contributed by atoms with Gasteiger partial charge in [-0.3, -0.25) is 9.36 Å². The quantitative estimate of drug-likeness (QED) is 0.449. The molecule has 0 saturated heterocycles. The van der Waals surface area contributed by atoms with Crippen molar-refractivity contribution in [1.29, 1.82) is 0 Å². The fourth-order valence-electron chi connectivity index (χ4n) is 2.45. The number of thioether (sulfide) groups is 1. The van der Waals surface area contributed by atoms with Gasteiger partial charge in [-0.2, -0.15) is 0 Å². The van der Waals surface area contributed by atoms with Gasteiger partial charge in [-0.15, -0.1) is 10.2 Å². The molecule has 0 aliphatic heterocycles. The van der Waals surface area contributed by atoms with Crippen molar-refractivity contribution in [2.75, 3.05) is 5.75 Å². The van der Waals surface area contributed by atoms with E-state index in [1.54, 1.807) is 24.3 Å². The largest absolute Gasteiger partial charge is 0.345 e. The highest BCUT2D eigenvalue weighted by Gasteiger charge is 2.17. The van der Waals surface area contributed by atoms with Crippen LogP contribution in [0.25, 0.3) is 5.69 Å². The number of amides is 1. The van der Waals surface area contributed by atoms with Crippen molar-refractivity contribution in [1.82, 2.24) is 20.1 Å². The third kappa shape index (κ3) is 4.75. The number of benzene rings is 2. The molecule has 0 aliphatic carbocycles. The summed E-state index contributed by atoms with van der Waals surface area (Å²) in [5.74, 6) is 1.02. The van der Waals surface area contributed by atoms with Crippen LogP contribution in [0.15, 0.2) is 41.6 Å². The smallest absolute Gasteiger partial charge is 0.253 e. The summed E-state index contributed by atoms with van der Waals surface area (Å²) < 4.78 is 1.83. The number of halogens is 4. The molecule has 2 aromatic carbocycles. The Morgan fingerprint density at radius 2 is 1.82 bits per heavy atom.